The number of aromatic hydroxyl groups is 8. The summed E-state index contributed by atoms with van der Waals surface area (Å²) in [6, 6.07) is 13.1. The molecule has 2 heterocycles. The summed E-state index contributed by atoms with van der Waals surface area (Å²) in [5.41, 5.74) is 0.275. The van der Waals surface area contributed by atoms with Gasteiger partial charge in [-0.15, -0.1) is 0 Å². The molecule has 0 saturated heterocycles. The molecule has 2 aliphatic rings. The van der Waals surface area contributed by atoms with E-state index in [9.17, 15) is 50.4 Å². The van der Waals surface area contributed by atoms with Crippen LogP contribution in [0.25, 0.3) is 0 Å². The van der Waals surface area contributed by atoms with Gasteiger partial charge in [-0.2, -0.15) is 0 Å². The van der Waals surface area contributed by atoms with Crippen LogP contribution >= 0.6 is 0 Å². The lowest BCUT2D eigenvalue weighted by Crippen LogP contribution is -2.46. The molecular weight excluding hydrogens is 552 g/mol. The van der Waals surface area contributed by atoms with Gasteiger partial charge in [0.05, 0.1) is 17.4 Å². The second-order valence-electron chi connectivity index (χ2n) is 10.0. The molecule has 0 aromatic heterocycles. The summed E-state index contributed by atoms with van der Waals surface area (Å²) in [6.45, 7) is 0. The minimum atomic E-state index is -1.57. The zero-order chi connectivity index (χ0) is 30.0. The minimum Gasteiger partial charge on any atom is -0.508 e. The highest BCUT2D eigenvalue weighted by Crippen LogP contribution is 2.61. The molecule has 0 bridgehead atoms. The van der Waals surface area contributed by atoms with Crippen LogP contribution in [-0.2, 0) is 9.59 Å². The highest BCUT2D eigenvalue weighted by atomic mass is 16.6. The van der Waals surface area contributed by atoms with E-state index in [0.717, 1.165) is 12.1 Å². The van der Waals surface area contributed by atoms with Crippen molar-refractivity contribution < 1.29 is 59.9 Å². The number of benzene rings is 4. The third kappa shape index (κ3) is 3.91. The quantitative estimate of drug-likeness (QED) is 0.0765. The van der Waals surface area contributed by atoms with Gasteiger partial charge in [0.1, 0.15) is 28.7 Å². The fourth-order valence-corrected chi connectivity index (χ4v) is 5.88. The molecule has 12 heteroatoms. The molecule has 0 radical (unpaired) electrons. The summed E-state index contributed by atoms with van der Waals surface area (Å²) in [5, 5.41) is 82.9. The van der Waals surface area contributed by atoms with Gasteiger partial charge in [-0.05, 0) is 35.4 Å². The largest absolute Gasteiger partial charge is 0.508 e. The Hall–Kier alpha value is -5.78. The second-order valence-corrected chi connectivity index (χ2v) is 10.0. The summed E-state index contributed by atoms with van der Waals surface area (Å²) in [6.07, 6.45) is 0. The lowest BCUT2D eigenvalue weighted by atomic mass is 9.65. The topological polar surface area (TPSA) is 214 Å². The lowest BCUT2D eigenvalue weighted by Gasteiger charge is -2.41. The number of carbonyl (C=O) groups is 2. The van der Waals surface area contributed by atoms with E-state index in [0.29, 0.717) is 5.56 Å². The first-order chi connectivity index (χ1) is 20.0. The molecular formula is C30H22O12. The molecule has 0 saturated carbocycles. The Morgan fingerprint density at radius 2 is 0.976 bits per heavy atom. The Morgan fingerprint density at radius 1 is 0.500 bits per heavy atom. The van der Waals surface area contributed by atoms with Gasteiger partial charge in [-0.3, -0.25) is 9.59 Å². The number of hydrogen-bond acceptors (Lipinski definition) is 12. The molecule has 0 aliphatic carbocycles. The Bertz CT molecular complexity index is 1760. The van der Waals surface area contributed by atoms with Crippen LogP contribution in [0.1, 0.15) is 34.1 Å². The van der Waals surface area contributed by atoms with E-state index in [4.69, 9.17) is 9.47 Å². The molecule has 42 heavy (non-hydrogen) atoms. The van der Waals surface area contributed by atoms with Gasteiger partial charge < -0.3 is 50.3 Å². The molecule has 6 rings (SSSR count). The number of phenols is 8. The average molecular weight is 574 g/mol. The van der Waals surface area contributed by atoms with Crippen molar-refractivity contribution in [1.29, 1.82) is 0 Å². The SMILES string of the molecule is O=C1Oc2c(O)c(O)c(O)c(O)c2[C@@H](c2ccc(O)cc2)[C@@H]1[C@H]1C(=O)Oc2cc(O)cc(O)c2[C@@H]1c1ccc(O)cc1. The van der Waals surface area contributed by atoms with Gasteiger partial charge >= 0.3 is 11.9 Å². The Balaban J connectivity index is 1.65. The van der Waals surface area contributed by atoms with Crippen LogP contribution in [0.2, 0.25) is 0 Å². The summed E-state index contributed by atoms with van der Waals surface area (Å²) < 4.78 is 10.9. The van der Waals surface area contributed by atoms with Gasteiger partial charge in [-0.1, -0.05) is 24.3 Å². The standard InChI is InChI=1S/C30H22O12/c31-13-5-1-11(2-6-13)18-20-16(34)9-15(33)10-17(20)41-29(39)21(18)22-19(12-3-7-14(32)8-4-12)23-24(35)25(36)26(37)27(38)28(23)42-30(22)40/h1-10,18-19,21-22,31-38H/t18-,19-,21-,22+/m0/s1. The third-order valence-corrected chi connectivity index (χ3v) is 7.68. The second kappa shape index (κ2) is 9.41. The molecule has 4 atom stereocenters. The molecule has 8 N–H and O–H groups in total. The maximum atomic E-state index is 13.8. The number of phenolic OH excluding ortho intramolecular Hbond substituents is 8. The molecule has 4 aromatic carbocycles. The number of hydrogen-bond donors (Lipinski definition) is 8. The predicted molar refractivity (Wildman–Crippen MR) is 141 cm³/mol. The van der Waals surface area contributed by atoms with Crippen LogP contribution in [0.3, 0.4) is 0 Å². The Kier molecular flexibility index (Phi) is 5.92. The summed E-state index contributed by atoms with van der Waals surface area (Å²) in [5.74, 6) is -13.8. The molecule has 2 aliphatic heterocycles. The van der Waals surface area contributed by atoms with Crippen molar-refractivity contribution in [2.45, 2.75) is 11.8 Å². The van der Waals surface area contributed by atoms with E-state index >= 15 is 0 Å². The number of rotatable bonds is 3. The first-order valence-corrected chi connectivity index (χ1v) is 12.5. The number of fused-ring (bicyclic) bond motifs is 2. The highest BCUT2D eigenvalue weighted by molar-refractivity contribution is 5.92. The first-order valence-electron chi connectivity index (χ1n) is 12.5. The summed E-state index contributed by atoms with van der Waals surface area (Å²) in [4.78, 5) is 27.6. The van der Waals surface area contributed by atoms with Gasteiger partial charge in [0.2, 0.25) is 17.2 Å². The zero-order valence-electron chi connectivity index (χ0n) is 21.3. The number of ether oxygens (including phenoxy) is 2. The van der Waals surface area contributed by atoms with Gasteiger partial charge in [0, 0.05) is 29.5 Å². The van der Waals surface area contributed by atoms with Crippen molar-refractivity contribution in [2.75, 3.05) is 0 Å². The molecule has 4 aromatic rings. The zero-order valence-corrected chi connectivity index (χ0v) is 21.3. The van der Waals surface area contributed by atoms with Crippen LogP contribution in [0.15, 0.2) is 60.7 Å². The van der Waals surface area contributed by atoms with Crippen molar-refractivity contribution in [3.8, 4) is 57.5 Å². The van der Waals surface area contributed by atoms with Crippen molar-refractivity contribution in [3.63, 3.8) is 0 Å². The van der Waals surface area contributed by atoms with E-state index in [1.54, 1.807) is 0 Å². The molecule has 0 spiro atoms. The maximum absolute atomic E-state index is 13.8. The third-order valence-electron chi connectivity index (χ3n) is 7.68. The van der Waals surface area contributed by atoms with E-state index in [2.05, 4.69) is 0 Å². The fraction of sp³-hybridized carbons (Fsp3) is 0.133. The van der Waals surface area contributed by atoms with Crippen LogP contribution in [-0.4, -0.2) is 52.8 Å². The smallest absolute Gasteiger partial charge is 0.316 e. The van der Waals surface area contributed by atoms with Gasteiger partial charge in [-0.25, -0.2) is 0 Å². The predicted octanol–water partition coefficient (Wildman–Crippen LogP) is 3.37. The van der Waals surface area contributed by atoms with E-state index in [-0.39, 0.29) is 33.9 Å². The van der Waals surface area contributed by atoms with Crippen molar-refractivity contribution in [1.82, 2.24) is 0 Å². The van der Waals surface area contributed by atoms with Crippen molar-refractivity contribution in [2.24, 2.45) is 11.8 Å². The minimum absolute atomic E-state index is 0.0340. The number of esters is 2. The van der Waals surface area contributed by atoms with Crippen LogP contribution in [0, 0.1) is 11.8 Å². The first kappa shape index (κ1) is 26.4. The van der Waals surface area contributed by atoms with Crippen LogP contribution < -0.4 is 9.47 Å². The Morgan fingerprint density at radius 3 is 1.52 bits per heavy atom. The molecule has 214 valence electrons. The number of carbonyl (C=O) groups excluding carboxylic acids is 2. The average Bonchev–Trinajstić information content (AvgIpc) is 2.95. The van der Waals surface area contributed by atoms with Crippen LogP contribution in [0.4, 0.5) is 0 Å². The monoisotopic (exact) mass is 574 g/mol. The van der Waals surface area contributed by atoms with E-state index in [1.165, 1.54) is 48.5 Å². The Labute approximate surface area is 236 Å². The highest BCUT2D eigenvalue weighted by Gasteiger charge is 2.55. The van der Waals surface area contributed by atoms with Crippen molar-refractivity contribution in [3.05, 3.63) is 82.9 Å². The summed E-state index contributed by atoms with van der Waals surface area (Å²) in [7, 11) is 0. The fourth-order valence-electron chi connectivity index (χ4n) is 5.88. The van der Waals surface area contributed by atoms with E-state index < -0.39 is 75.9 Å². The molecule has 12 nitrogen and oxygen atoms in total. The van der Waals surface area contributed by atoms with Gasteiger partial charge in [0.25, 0.3) is 0 Å². The van der Waals surface area contributed by atoms with Crippen LogP contribution in [0.5, 0.6) is 57.5 Å². The molecule has 0 amide bonds. The molecule has 0 unspecified atom stereocenters. The lowest BCUT2D eigenvalue weighted by molar-refractivity contribution is -0.154. The van der Waals surface area contributed by atoms with Gasteiger partial charge in [0.15, 0.2) is 11.5 Å². The maximum Gasteiger partial charge on any atom is 0.316 e. The molecule has 0 fully saturated rings. The van der Waals surface area contributed by atoms with E-state index in [1.807, 2.05) is 0 Å². The van der Waals surface area contributed by atoms with Crippen molar-refractivity contribution >= 4 is 11.9 Å². The summed E-state index contributed by atoms with van der Waals surface area (Å²) >= 11 is 0. The normalized spacial score (nSPS) is 21.1.